The molecular formula is C11H12O7. The Morgan fingerprint density at radius 3 is 2.39 bits per heavy atom. The average Bonchev–Trinajstić information content (AvgIpc) is 2.35. The van der Waals surface area contributed by atoms with Crippen molar-refractivity contribution in [2.45, 2.75) is 18.4 Å². The van der Waals surface area contributed by atoms with Crippen molar-refractivity contribution in [1.82, 2.24) is 0 Å². The Morgan fingerprint density at radius 2 is 1.89 bits per heavy atom. The van der Waals surface area contributed by atoms with Gasteiger partial charge in [-0.25, -0.2) is 4.79 Å². The van der Waals surface area contributed by atoms with Crippen LogP contribution in [0.15, 0.2) is 30.3 Å². The van der Waals surface area contributed by atoms with Crippen LogP contribution in [-0.2, 0) is 20.8 Å². The number of carbonyl (C=O) groups excluding carboxylic acids is 1. The molecule has 3 N–H and O–H groups in total. The van der Waals surface area contributed by atoms with Crippen molar-refractivity contribution in [2.24, 2.45) is 0 Å². The molecule has 0 bridgehead atoms. The molecule has 1 fully saturated rings. The van der Waals surface area contributed by atoms with Gasteiger partial charge in [0.1, 0.15) is 6.61 Å². The molecule has 0 radical (unpaired) electrons. The van der Waals surface area contributed by atoms with Crippen LogP contribution in [0, 0.1) is 0 Å². The van der Waals surface area contributed by atoms with Crippen LogP contribution in [0.2, 0.25) is 0 Å². The van der Waals surface area contributed by atoms with Gasteiger partial charge in [0, 0.05) is 0 Å². The molecule has 1 saturated heterocycles. The van der Waals surface area contributed by atoms with Crippen molar-refractivity contribution in [3.05, 3.63) is 35.9 Å². The summed E-state index contributed by atoms with van der Waals surface area (Å²) in [6, 6.07) is 8.74. The molecule has 7 heteroatoms. The van der Waals surface area contributed by atoms with E-state index in [1.165, 1.54) is 0 Å². The van der Waals surface area contributed by atoms with Crippen LogP contribution in [0.5, 0.6) is 0 Å². The summed E-state index contributed by atoms with van der Waals surface area (Å²) in [4.78, 5) is 10.5. The van der Waals surface area contributed by atoms with Crippen molar-refractivity contribution in [3.8, 4) is 0 Å². The molecule has 7 nitrogen and oxygen atoms in total. The summed E-state index contributed by atoms with van der Waals surface area (Å²) < 4.78 is 13.4. The number of hydrogen-bond acceptors (Lipinski definition) is 7. The molecule has 1 unspecified atom stereocenters. The average molecular weight is 256 g/mol. The second kappa shape index (κ2) is 4.54. The van der Waals surface area contributed by atoms with E-state index in [9.17, 15) is 15.0 Å². The summed E-state index contributed by atoms with van der Waals surface area (Å²) >= 11 is 0. The Kier molecular flexibility index (Phi) is 3.22. The van der Waals surface area contributed by atoms with E-state index in [2.05, 4.69) is 9.47 Å². The van der Waals surface area contributed by atoms with Crippen molar-refractivity contribution in [2.75, 3.05) is 6.61 Å². The molecule has 0 saturated carbocycles. The Balaban J connectivity index is 2.03. The minimum Gasteiger partial charge on any atom is -0.390 e. The molecule has 1 heterocycles. The van der Waals surface area contributed by atoms with E-state index in [1.807, 2.05) is 0 Å². The predicted octanol–water partition coefficient (Wildman–Crippen LogP) is -0.303. The summed E-state index contributed by atoms with van der Waals surface area (Å²) in [5.74, 6) is -5.23. The number of ether oxygens (including phenoxy) is 3. The van der Waals surface area contributed by atoms with E-state index in [1.54, 1.807) is 30.3 Å². The molecule has 0 amide bonds. The summed E-state index contributed by atoms with van der Waals surface area (Å²) in [5, 5.41) is 28.5. The van der Waals surface area contributed by atoms with Crippen LogP contribution in [0.25, 0.3) is 0 Å². The summed E-state index contributed by atoms with van der Waals surface area (Å²) in [7, 11) is 0. The first-order valence-electron chi connectivity index (χ1n) is 5.14. The number of aliphatic hydroxyl groups is 3. The van der Waals surface area contributed by atoms with Gasteiger partial charge in [0.15, 0.2) is 0 Å². The maximum absolute atomic E-state index is 10.5. The Hall–Kier alpha value is -1.67. The molecule has 1 aromatic carbocycles. The van der Waals surface area contributed by atoms with Crippen LogP contribution in [0.1, 0.15) is 5.56 Å². The lowest BCUT2D eigenvalue weighted by Crippen LogP contribution is -2.68. The van der Waals surface area contributed by atoms with Gasteiger partial charge in [0.2, 0.25) is 0 Å². The smallest absolute Gasteiger partial charge is 0.390 e. The van der Waals surface area contributed by atoms with Gasteiger partial charge in [-0.1, -0.05) is 30.3 Å². The van der Waals surface area contributed by atoms with E-state index in [4.69, 9.17) is 9.84 Å². The number of aliphatic hydroxyl groups excluding tert-OH is 1. The molecule has 0 spiro atoms. The monoisotopic (exact) mass is 256 g/mol. The lowest BCUT2D eigenvalue weighted by molar-refractivity contribution is -0.502. The van der Waals surface area contributed by atoms with Gasteiger partial charge in [-0.2, -0.15) is 0 Å². The fourth-order valence-electron chi connectivity index (χ4n) is 1.41. The van der Waals surface area contributed by atoms with E-state index < -0.39 is 24.5 Å². The summed E-state index contributed by atoms with van der Waals surface area (Å²) in [5.41, 5.74) is 0.693. The van der Waals surface area contributed by atoms with Gasteiger partial charge in [-0.3, -0.25) is 0 Å². The van der Waals surface area contributed by atoms with Crippen molar-refractivity contribution in [3.63, 3.8) is 0 Å². The Morgan fingerprint density at radius 1 is 1.28 bits per heavy atom. The fraction of sp³-hybridized carbons (Fsp3) is 0.364. The topological polar surface area (TPSA) is 105 Å². The van der Waals surface area contributed by atoms with Crippen LogP contribution in [-0.4, -0.2) is 39.8 Å². The van der Waals surface area contributed by atoms with E-state index in [0.29, 0.717) is 5.56 Å². The quantitative estimate of drug-likeness (QED) is 0.490. The van der Waals surface area contributed by atoms with Crippen LogP contribution < -0.4 is 0 Å². The van der Waals surface area contributed by atoms with Gasteiger partial charge in [-0.05, 0) is 5.56 Å². The minimum atomic E-state index is -2.69. The third-order valence-electron chi connectivity index (χ3n) is 2.47. The zero-order chi connectivity index (χ0) is 13.2. The Bertz CT molecular complexity index is 424. The second-order valence-corrected chi connectivity index (χ2v) is 3.75. The van der Waals surface area contributed by atoms with Gasteiger partial charge in [0.25, 0.3) is 0 Å². The van der Waals surface area contributed by atoms with Crippen LogP contribution in [0.4, 0.5) is 4.79 Å². The fourth-order valence-corrected chi connectivity index (χ4v) is 1.41. The molecule has 0 aromatic heterocycles. The molecule has 1 aliphatic heterocycles. The maximum Gasteiger partial charge on any atom is 0.518 e. The van der Waals surface area contributed by atoms with Gasteiger partial charge in [0.05, 0.1) is 6.61 Å². The first-order chi connectivity index (χ1) is 8.49. The minimum absolute atomic E-state index is 0.110. The Labute approximate surface area is 102 Å². The predicted molar refractivity (Wildman–Crippen MR) is 55.8 cm³/mol. The van der Waals surface area contributed by atoms with Gasteiger partial charge >= 0.3 is 17.9 Å². The summed E-state index contributed by atoms with van der Waals surface area (Å²) in [6.45, 7) is -1.12. The molecule has 1 aromatic rings. The number of rotatable bonds is 5. The molecule has 1 aliphatic rings. The van der Waals surface area contributed by atoms with Gasteiger partial charge < -0.3 is 29.5 Å². The van der Waals surface area contributed by atoms with Crippen molar-refractivity contribution < 1.29 is 34.3 Å². The van der Waals surface area contributed by atoms with E-state index in [0.717, 1.165) is 0 Å². The van der Waals surface area contributed by atoms with Gasteiger partial charge in [-0.15, -0.1) is 0 Å². The number of hydrogen-bond donors (Lipinski definition) is 3. The zero-order valence-electron chi connectivity index (χ0n) is 9.28. The molecule has 2 rings (SSSR count). The third-order valence-corrected chi connectivity index (χ3v) is 2.47. The molecule has 98 valence electrons. The first-order valence-corrected chi connectivity index (χ1v) is 5.14. The highest BCUT2D eigenvalue weighted by atomic mass is 17.0. The highest BCUT2D eigenvalue weighted by Crippen LogP contribution is 2.34. The summed E-state index contributed by atoms with van der Waals surface area (Å²) in [6.07, 6.45) is -1.16. The highest BCUT2D eigenvalue weighted by Gasteiger charge is 2.65. The van der Waals surface area contributed by atoms with Crippen LogP contribution in [0.3, 0.4) is 0 Å². The highest BCUT2D eigenvalue weighted by molar-refractivity contribution is 5.65. The van der Waals surface area contributed by atoms with Crippen molar-refractivity contribution >= 4 is 6.16 Å². The second-order valence-electron chi connectivity index (χ2n) is 3.75. The van der Waals surface area contributed by atoms with E-state index >= 15 is 0 Å². The number of cyclic esters (lactones) is 2. The zero-order valence-corrected chi connectivity index (χ0v) is 9.28. The molecule has 0 aliphatic carbocycles. The number of benzene rings is 1. The number of carbonyl (C=O) groups is 1. The largest absolute Gasteiger partial charge is 0.518 e. The lowest BCUT2D eigenvalue weighted by Gasteiger charge is -2.43. The van der Waals surface area contributed by atoms with E-state index in [-0.39, 0.29) is 6.61 Å². The lowest BCUT2D eigenvalue weighted by atomic mass is 10.2. The standard InChI is InChI=1S/C11H12O7/c12-7-10(14,11(15)17-9(13)18-11)16-6-8-4-2-1-3-5-8/h1-5,12,14-15H,6-7H2. The maximum atomic E-state index is 10.5. The molecular weight excluding hydrogens is 244 g/mol. The molecule has 18 heavy (non-hydrogen) atoms. The molecule has 1 atom stereocenters. The third kappa shape index (κ3) is 2.16. The SMILES string of the molecule is O=C1OC(O)(C(O)(CO)OCc2ccccc2)O1. The normalized spacial score (nSPS) is 20.3. The first kappa shape index (κ1) is 12.8. The van der Waals surface area contributed by atoms with Crippen LogP contribution >= 0.6 is 0 Å². The van der Waals surface area contributed by atoms with Crippen molar-refractivity contribution in [1.29, 1.82) is 0 Å².